The summed E-state index contributed by atoms with van der Waals surface area (Å²) in [6, 6.07) is 9.74. The van der Waals surface area contributed by atoms with Gasteiger partial charge in [-0.3, -0.25) is 4.79 Å². The Hall–Kier alpha value is -2.58. The summed E-state index contributed by atoms with van der Waals surface area (Å²) in [5.74, 6) is -0.350. The summed E-state index contributed by atoms with van der Waals surface area (Å²) in [7, 11) is 2.94. The molecule has 0 atom stereocenters. The van der Waals surface area contributed by atoms with E-state index in [0.29, 0.717) is 22.6 Å². The minimum Gasteiger partial charge on any atom is -0.399 e. The highest BCUT2D eigenvalue weighted by atomic mass is 32.2. The number of amides is 1. The second kappa shape index (κ2) is 7.35. The fourth-order valence-electron chi connectivity index (χ4n) is 2.45. The van der Waals surface area contributed by atoms with E-state index < -0.39 is 10.0 Å². The summed E-state index contributed by atoms with van der Waals surface area (Å²) in [6.45, 7) is 1.81. The number of benzene rings is 2. The van der Waals surface area contributed by atoms with E-state index in [-0.39, 0.29) is 10.8 Å². The Bertz CT molecular complexity index is 937. The zero-order valence-electron chi connectivity index (χ0n) is 15.6. The van der Waals surface area contributed by atoms with Gasteiger partial charge in [0.2, 0.25) is 10.0 Å². The SMILES string of the molecule is Cc1ccc(N)cc1C(=O)Nc1cc(S(=O)(=O)N(C)C)ccc1N(C)C. The van der Waals surface area contributed by atoms with Crippen molar-refractivity contribution in [2.45, 2.75) is 11.8 Å². The highest BCUT2D eigenvalue weighted by Crippen LogP contribution is 2.29. The summed E-state index contributed by atoms with van der Waals surface area (Å²) >= 11 is 0. The van der Waals surface area contributed by atoms with Gasteiger partial charge in [-0.2, -0.15) is 0 Å². The maximum Gasteiger partial charge on any atom is 0.256 e. The van der Waals surface area contributed by atoms with Gasteiger partial charge in [0.1, 0.15) is 0 Å². The second-order valence-electron chi connectivity index (χ2n) is 6.39. The van der Waals surface area contributed by atoms with Crippen LogP contribution in [-0.2, 0) is 10.0 Å². The van der Waals surface area contributed by atoms with Crippen LogP contribution in [-0.4, -0.2) is 46.8 Å². The van der Waals surface area contributed by atoms with Crippen LogP contribution >= 0.6 is 0 Å². The largest absolute Gasteiger partial charge is 0.399 e. The zero-order valence-corrected chi connectivity index (χ0v) is 16.4. The van der Waals surface area contributed by atoms with Crippen molar-refractivity contribution in [2.24, 2.45) is 0 Å². The van der Waals surface area contributed by atoms with Crippen LogP contribution < -0.4 is 16.0 Å². The second-order valence-corrected chi connectivity index (χ2v) is 8.54. The summed E-state index contributed by atoms with van der Waals surface area (Å²) in [5, 5.41) is 2.81. The number of hydrogen-bond acceptors (Lipinski definition) is 5. The molecule has 0 unspecified atom stereocenters. The molecule has 7 nitrogen and oxygen atoms in total. The van der Waals surface area contributed by atoms with Gasteiger partial charge in [0.25, 0.3) is 5.91 Å². The smallest absolute Gasteiger partial charge is 0.256 e. The molecule has 0 aliphatic carbocycles. The Labute approximate surface area is 154 Å². The van der Waals surface area contributed by atoms with Crippen molar-refractivity contribution < 1.29 is 13.2 Å². The Morgan fingerprint density at radius 3 is 2.27 bits per heavy atom. The van der Waals surface area contributed by atoms with E-state index in [4.69, 9.17) is 5.73 Å². The molecular weight excluding hydrogens is 352 g/mol. The molecule has 1 amide bonds. The molecule has 0 heterocycles. The molecule has 0 aliphatic rings. The van der Waals surface area contributed by atoms with Gasteiger partial charge in [-0.05, 0) is 42.8 Å². The lowest BCUT2D eigenvalue weighted by atomic mass is 10.1. The molecule has 2 aromatic rings. The summed E-state index contributed by atoms with van der Waals surface area (Å²) in [6.07, 6.45) is 0. The van der Waals surface area contributed by atoms with Crippen molar-refractivity contribution in [2.75, 3.05) is 44.1 Å². The predicted molar refractivity (Wildman–Crippen MR) is 105 cm³/mol. The van der Waals surface area contributed by atoms with Gasteiger partial charge in [0, 0.05) is 39.4 Å². The lowest BCUT2D eigenvalue weighted by molar-refractivity contribution is 0.102. The third kappa shape index (κ3) is 3.97. The lowest BCUT2D eigenvalue weighted by Crippen LogP contribution is -2.23. The van der Waals surface area contributed by atoms with Gasteiger partial charge in [-0.25, -0.2) is 12.7 Å². The molecule has 2 aromatic carbocycles. The quantitative estimate of drug-likeness (QED) is 0.780. The average molecular weight is 376 g/mol. The number of nitrogens with one attached hydrogen (secondary N) is 1. The Morgan fingerprint density at radius 1 is 1.04 bits per heavy atom. The third-order valence-corrected chi connectivity index (χ3v) is 5.79. The van der Waals surface area contributed by atoms with Crippen LogP contribution in [0.1, 0.15) is 15.9 Å². The van der Waals surface area contributed by atoms with Crippen LogP contribution in [0.4, 0.5) is 17.1 Å². The van der Waals surface area contributed by atoms with Gasteiger partial charge in [-0.1, -0.05) is 6.07 Å². The number of aryl methyl sites for hydroxylation is 1. The van der Waals surface area contributed by atoms with Crippen LogP contribution in [0.5, 0.6) is 0 Å². The van der Waals surface area contributed by atoms with Crippen LogP contribution in [0.25, 0.3) is 0 Å². The summed E-state index contributed by atoms with van der Waals surface area (Å²) < 4.78 is 25.9. The van der Waals surface area contributed by atoms with E-state index in [1.807, 2.05) is 21.0 Å². The molecule has 140 valence electrons. The number of carbonyl (C=O) groups is 1. The number of hydrogen-bond donors (Lipinski definition) is 2. The monoisotopic (exact) mass is 376 g/mol. The van der Waals surface area contributed by atoms with Gasteiger partial charge in [0.15, 0.2) is 0 Å². The van der Waals surface area contributed by atoms with E-state index in [1.54, 1.807) is 29.2 Å². The highest BCUT2D eigenvalue weighted by Gasteiger charge is 2.20. The molecule has 0 saturated heterocycles. The Kier molecular flexibility index (Phi) is 5.58. The van der Waals surface area contributed by atoms with Crippen molar-refractivity contribution in [3.63, 3.8) is 0 Å². The number of rotatable bonds is 5. The van der Waals surface area contributed by atoms with E-state index >= 15 is 0 Å². The zero-order chi connectivity index (χ0) is 19.6. The molecule has 0 fully saturated rings. The summed E-state index contributed by atoms with van der Waals surface area (Å²) in [4.78, 5) is 14.6. The first-order valence-corrected chi connectivity index (χ1v) is 9.39. The van der Waals surface area contributed by atoms with Crippen LogP contribution in [0.2, 0.25) is 0 Å². The fraction of sp³-hybridized carbons (Fsp3) is 0.278. The molecule has 3 N–H and O–H groups in total. The molecule has 0 saturated carbocycles. The van der Waals surface area contributed by atoms with Crippen molar-refractivity contribution in [1.29, 1.82) is 0 Å². The van der Waals surface area contributed by atoms with Gasteiger partial charge >= 0.3 is 0 Å². The standard InChI is InChI=1S/C18H24N4O3S/c1-12-6-7-13(19)10-15(12)18(23)20-16-11-14(26(24,25)22(4)5)8-9-17(16)21(2)3/h6-11H,19H2,1-5H3,(H,20,23). The first-order valence-electron chi connectivity index (χ1n) is 7.95. The first kappa shape index (κ1) is 19.7. The molecule has 2 rings (SSSR count). The number of anilines is 3. The molecule has 0 spiro atoms. The van der Waals surface area contributed by atoms with Crippen molar-refractivity contribution in [3.8, 4) is 0 Å². The van der Waals surface area contributed by atoms with E-state index in [0.717, 1.165) is 9.87 Å². The number of nitrogens with two attached hydrogens (primary N) is 1. The van der Waals surface area contributed by atoms with Crippen molar-refractivity contribution >= 4 is 33.0 Å². The number of nitrogen functional groups attached to an aromatic ring is 1. The van der Waals surface area contributed by atoms with E-state index in [2.05, 4.69) is 5.32 Å². The number of carbonyl (C=O) groups excluding carboxylic acids is 1. The lowest BCUT2D eigenvalue weighted by Gasteiger charge is -2.20. The van der Waals surface area contributed by atoms with Gasteiger partial charge < -0.3 is 16.0 Å². The molecule has 0 bridgehead atoms. The predicted octanol–water partition coefficient (Wildman–Crippen LogP) is 2.15. The Balaban J connectivity index is 2.50. The average Bonchev–Trinajstić information content (AvgIpc) is 2.56. The molecule has 26 heavy (non-hydrogen) atoms. The van der Waals surface area contributed by atoms with Gasteiger partial charge in [-0.15, -0.1) is 0 Å². The molecule has 0 aliphatic heterocycles. The van der Waals surface area contributed by atoms with Crippen LogP contribution in [0, 0.1) is 6.92 Å². The van der Waals surface area contributed by atoms with Crippen LogP contribution in [0.15, 0.2) is 41.3 Å². The third-order valence-electron chi connectivity index (χ3n) is 3.98. The van der Waals surface area contributed by atoms with E-state index in [9.17, 15) is 13.2 Å². The maximum absolute atomic E-state index is 12.7. The summed E-state index contributed by atoms with van der Waals surface area (Å²) in [5.41, 5.74) is 8.58. The molecule has 0 radical (unpaired) electrons. The highest BCUT2D eigenvalue weighted by molar-refractivity contribution is 7.89. The normalized spacial score (nSPS) is 11.5. The number of nitrogens with zero attached hydrogens (tertiary/aromatic N) is 2. The minimum atomic E-state index is -3.61. The molecular formula is C18H24N4O3S. The first-order chi connectivity index (χ1) is 12.0. The van der Waals surface area contributed by atoms with E-state index in [1.165, 1.54) is 26.2 Å². The minimum absolute atomic E-state index is 0.104. The van der Waals surface area contributed by atoms with Crippen LogP contribution in [0.3, 0.4) is 0 Å². The van der Waals surface area contributed by atoms with Gasteiger partial charge in [0.05, 0.1) is 16.3 Å². The maximum atomic E-state index is 12.7. The fourth-order valence-corrected chi connectivity index (χ4v) is 3.38. The van der Waals surface area contributed by atoms with Crippen molar-refractivity contribution in [1.82, 2.24) is 4.31 Å². The molecule has 8 heteroatoms. The van der Waals surface area contributed by atoms with Crippen molar-refractivity contribution in [3.05, 3.63) is 47.5 Å². The topological polar surface area (TPSA) is 95.7 Å². The Morgan fingerprint density at radius 2 is 1.69 bits per heavy atom. The number of sulfonamides is 1. The molecule has 0 aromatic heterocycles.